The van der Waals surface area contributed by atoms with E-state index in [0.29, 0.717) is 0 Å². The van der Waals surface area contributed by atoms with Crippen LogP contribution in [0.5, 0.6) is 0 Å². The molecule has 6 heteroatoms. The summed E-state index contributed by atoms with van der Waals surface area (Å²) in [6, 6.07) is 0. The molecule has 0 aromatic carbocycles. The Morgan fingerprint density at radius 1 is 0.833 bits per heavy atom. The summed E-state index contributed by atoms with van der Waals surface area (Å²) in [5.74, 6) is 0. The molecule has 0 nitrogen and oxygen atoms in total. The molecule has 0 aliphatic carbocycles. The second-order valence-electron chi connectivity index (χ2n) is 0.495. The fourth-order valence-electron chi connectivity index (χ4n) is 0. The van der Waals surface area contributed by atoms with Crippen LogP contribution in [0.1, 0.15) is 0 Å². The Morgan fingerprint density at radius 2 is 0.833 bits per heavy atom. The summed E-state index contributed by atoms with van der Waals surface area (Å²) >= 11 is 0. The SMILES string of the molecule is F[B-](F)(F)F.[Nd]. The van der Waals surface area contributed by atoms with Crippen LogP contribution in [-0.2, 0) is 0 Å². The molecule has 0 radical (unpaired) electrons. The maximum absolute atomic E-state index is 9.75. The van der Waals surface area contributed by atoms with Crippen molar-refractivity contribution in [1.82, 2.24) is 0 Å². The van der Waals surface area contributed by atoms with Crippen molar-refractivity contribution in [2.45, 2.75) is 0 Å². The summed E-state index contributed by atoms with van der Waals surface area (Å²) < 4.78 is 39.0. The molecule has 0 amide bonds. The predicted molar refractivity (Wildman–Crippen MR) is 10.2 cm³/mol. The van der Waals surface area contributed by atoms with Gasteiger partial charge in [0.2, 0.25) is 0 Å². The normalized spacial score (nSPS) is 10.0. The number of hydrogen-bond donors (Lipinski definition) is 0. The van der Waals surface area contributed by atoms with Crippen LogP contribution in [0.15, 0.2) is 0 Å². The Hall–Kier alpha value is 1.14. The minimum atomic E-state index is -6.00. The number of rotatable bonds is 0. The van der Waals surface area contributed by atoms with Crippen LogP contribution >= 0.6 is 0 Å². The maximum atomic E-state index is 9.75. The summed E-state index contributed by atoms with van der Waals surface area (Å²) in [6.45, 7) is 0. The van der Waals surface area contributed by atoms with E-state index in [1.807, 2.05) is 0 Å². The average molecular weight is 231 g/mol. The third-order valence-corrected chi connectivity index (χ3v) is 0. The maximum Gasteiger partial charge on any atom is 0.673 e. The van der Waals surface area contributed by atoms with Gasteiger partial charge in [0.05, 0.1) is 0 Å². The summed E-state index contributed by atoms with van der Waals surface area (Å²) in [5, 5.41) is 0. The summed E-state index contributed by atoms with van der Waals surface area (Å²) in [6.07, 6.45) is 0. The Morgan fingerprint density at radius 3 is 0.833 bits per heavy atom. The summed E-state index contributed by atoms with van der Waals surface area (Å²) in [7, 11) is -6.00. The minimum absolute atomic E-state index is 0. The fraction of sp³-hybridized carbons (Fsp3) is 0. The molecule has 0 aromatic rings. The van der Waals surface area contributed by atoms with Gasteiger partial charge in [-0.2, -0.15) is 0 Å². The molecular formula is BF4Nd-. The topological polar surface area (TPSA) is 0 Å². The van der Waals surface area contributed by atoms with Crippen molar-refractivity contribution in [2.24, 2.45) is 0 Å². The van der Waals surface area contributed by atoms with E-state index in [1.165, 1.54) is 0 Å². The van der Waals surface area contributed by atoms with Gasteiger partial charge in [0.15, 0.2) is 0 Å². The van der Waals surface area contributed by atoms with Gasteiger partial charge < -0.3 is 17.3 Å². The Labute approximate surface area is 64.9 Å². The molecule has 0 rings (SSSR count). The molecular weight excluding hydrogens is 231 g/mol. The van der Waals surface area contributed by atoms with Crippen LogP contribution in [0.25, 0.3) is 0 Å². The van der Waals surface area contributed by atoms with Crippen molar-refractivity contribution in [3.63, 3.8) is 0 Å². The minimum Gasteiger partial charge on any atom is -0.418 e. The van der Waals surface area contributed by atoms with E-state index in [2.05, 4.69) is 0 Å². The van der Waals surface area contributed by atoms with Gasteiger partial charge in [-0.05, 0) is 0 Å². The van der Waals surface area contributed by atoms with Gasteiger partial charge >= 0.3 is 7.25 Å². The number of halogens is 4. The van der Waals surface area contributed by atoms with Gasteiger partial charge in [0.25, 0.3) is 0 Å². The Kier molecular flexibility index (Phi) is 5.39. The van der Waals surface area contributed by atoms with Crippen LogP contribution in [0.4, 0.5) is 17.3 Å². The molecule has 0 saturated heterocycles. The molecule has 0 N–H and O–H groups in total. The van der Waals surface area contributed by atoms with Gasteiger partial charge in [0, 0.05) is 40.8 Å². The molecule has 0 spiro atoms. The molecule has 36 valence electrons. The molecule has 0 aliphatic rings. The average Bonchev–Trinajstić information content (AvgIpc) is 0.722. The summed E-state index contributed by atoms with van der Waals surface area (Å²) in [5.41, 5.74) is 0. The van der Waals surface area contributed by atoms with E-state index in [4.69, 9.17) is 0 Å². The second kappa shape index (κ2) is 3.18. The first-order valence-electron chi connectivity index (χ1n) is 0.873. The van der Waals surface area contributed by atoms with E-state index in [0.717, 1.165) is 0 Å². The summed E-state index contributed by atoms with van der Waals surface area (Å²) in [4.78, 5) is 0. The van der Waals surface area contributed by atoms with Crippen molar-refractivity contribution in [1.29, 1.82) is 0 Å². The smallest absolute Gasteiger partial charge is 0.418 e. The Balaban J connectivity index is 0. The molecule has 0 bridgehead atoms. The third kappa shape index (κ3) is 68.1. The second-order valence-corrected chi connectivity index (χ2v) is 0.495. The first-order chi connectivity index (χ1) is 2.00. The first kappa shape index (κ1) is 10.2. The molecule has 0 saturated carbocycles. The molecule has 0 fully saturated rings. The van der Waals surface area contributed by atoms with E-state index in [9.17, 15) is 17.3 Å². The van der Waals surface area contributed by atoms with E-state index in [-0.39, 0.29) is 40.8 Å². The first-order valence-corrected chi connectivity index (χ1v) is 0.873. The van der Waals surface area contributed by atoms with Gasteiger partial charge in [-0.15, -0.1) is 0 Å². The van der Waals surface area contributed by atoms with E-state index >= 15 is 0 Å². The zero-order chi connectivity index (χ0) is 4.50. The van der Waals surface area contributed by atoms with Crippen LogP contribution in [-0.4, -0.2) is 7.25 Å². The van der Waals surface area contributed by atoms with Crippen molar-refractivity contribution in [3.05, 3.63) is 0 Å². The third-order valence-electron chi connectivity index (χ3n) is 0. The van der Waals surface area contributed by atoms with Crippen molar-refractivity contribution in [3.8, 4) is 0 Å². The van der Waals surface area contributed by atoms with E-state index in [1.54, 1.807) is 0 Å². The molecule has 0 atom stereocenters. The molecule has 0 unspecified atom stereocenters. The van der Waals surface area contributed by atoms with Crippen LogP contribution in [0.2, 0.25) is 0 Å². The van der Waals surface area contributed by atoms with Crippen molar-refractivity contribution in [2.75, 3.05) is 0 Å². The standard InChI is InChI=1S/BF4.Nd/c2-1(3,4)5;/q-1;. The van der Waals surface area contributed by atoms with Gasteiger partial charge in [-0.25, -0.2) is 0 Å². The zero-order valence-electron chi connectivity index (χ0n) is 2.59. The zero-order valence-corrected chi connectivity index (χ0v) is 5.80. The molecule has 0 aromatic heterocycles. The van der Waals surface area contributed by atoms with Crippen LogP contribution < -0.4 is 0 Å². The largest absolute Gasteiger partial charge is 0.673 e. The monoisotopic (exact) mass is 229 g/mol. The van der Waals surface area contributed by atoms with Crippen molar-refractivity contribution < 1.29 is 58.1 Å². The van der Waals surface area contributed by atoms with Gasteiger partial charge in [0.1, 0.15) is 0 Å². The van der Waals surface area contributed by atoms with Gasteiger partial charge in [-0.3, -0.25) is 0 Å². The van der Waals surface area contributed by atoms with Crippen LogP contribution in [0, 0.1) is 40.8 Å². The van der Waals surface area contributed by atoms with E-state index < -0.39 is 7.25 Å². The van der Waals surface area contributed by atoms with Crippen molar-refractivity contribution >= 4 is 7.25 Å². The van der Waals surface area contributed by atoms with Gasteiger partial charge in [-0.1, -0.05) is 0 Å². The number of hydrogen-bond acceptors (Lipinski definition) is 0. The molecule has 0 heterocycles. The molecule has 0 aliphatic heterocycles. The predicted octanol–water partition coefficient (Wildman–Crippen LogP) is 1.30. The quantitative estimate of drug-likeness (QED) is 0.435. The molecule has 6 heavy (non-hydrogen) atoms. The van der Waals surface area contributed by atoms with Crippen LogP contribution in [0.3, 0.4) is 0 Å². The Bertz CT molecular complexity index is 23.0. The fourth-order valence-corrected chi connectivity index (χ4v) is 0.